The van der Waals surface area contributed by atoms with E-state index in [4.69, 9.17) is 15.2 Å². The van der Waals surface area contributed by atoms with Crippen molar-refractivity contribution in [3.63, 3.8) is 0 Å². The van der Waals surface area contributed by atoms with Crippen LogP contribution in [0.2, 0.25) is 0 Å². The van der Waals surface area contributed by atoms with Gasteiger partial charge in [0.15, 0.2) is 0 Å². The standard InChI is InChI=1S/C13H25NO2S/c1-17-9-3-12(14)11-2-6-16-13(10-11)4-7-15-8-5-13/h11-12H,2-10,14H2,1H3. The second-order valence-corrected chi connectivity index (χ2v) is 6.33. The van der Waals surface area contributed by atoms with E-state index in [0.29, 0.717) is 12.0 Å². The van der Waals surface area contributed by atoms with E-state index in [9.17, 15) is 0 Å². The Hall–Kier alpha value is 0.230. The van der Waals surface area contributed by atoms with Gasteiger partial charge in [-0.15, -0.1) is 0 Å². The first-order chi connectivity index (χ1) is 8.26. The Balaban J connectivity index is 1.87. The first kappa shape index (κ1) is 13.7. The van der Waals surface area contributed by atoms with E-state index in [2.05, 4.69) is 6.26 Å². The summed E-state index contributed by atoms with van der Waals surface area (Å²) in [5.74, 6) is 1.82. The zero-order valence-corrected chi connectivity index (χ0v) is 11.6. The van der Waals surface area contributed by atoms with Gasteiger partial charge in [-0.3, -0.25) is 0 Å². The molecule has 3 nitrogen and oxygen atoms in total. The predicted octanol–water partition coefficient (Wildman–Crippen LogP) is 2.04. The number of nitrogens with two attached hydrogens (primary N) is 1. The molecule has 2 aliphatic rings. The zero-order chi connectivity index (χ0) is 12.1. The minimum atomic E-state index is 0.0954. The van der Waals surface area contributed by atoms with Crippen LogP contribution in [0.25, 0.3) is 0 Å². The molecule has 0 aliphatic carbocycles. The number of ether oxygens (including phenoxy) is 2. The van der Waals surface area contributed by atoms with E-state index in [-0.39, 0.29) is 5.60 Å². The molecule has 17 heavy (non-hydrogen) atoms. The second kappa shape index (κ2) is 6.41. The molecule has 2 atom stereocenters. The summed E-state index contributed by atoms with van der Waals surface area (Å²) in [7, 11) is 0. The molecule has 2 N–H and O–H groups in total. The van der Waals surface area contributed by atoms with Crippen LogP contribution in [0.4, 0.5) is 0 Å². The third-order valence-electron chi connectivity index (χ3n) is 4.20. The van der Waals surface area contributed by atoms with Crippen molar-refractivity contribution >= 4 is 11.8 Å². The van der Waals surface area contributed by atoms with E-state index in [0.717, 1.165) is 51.9 Å². The van der Waals surface area contributed by atoms with Gasteiger partial charge in [-0.05, 0) is 50.0 Å². The van der Waals surface area contributed by atoms with Crippen LogP contribution in [0.5, 0.6) is 0 Å². The summed E-state index contributed by atoms with van der Waals surface area (Å²) in [4.78, 5) is 0. The summed E-state index contributed by atoms with van der Waals surface area (Å²) >= 11 is 1.89. The maximum absolute atomic E-state index is 6.32. The molecule has 0 amide bonds. The number of thioether (sulfide) groups is 1. The van der Waals surface area contributed by atoms with Crippen LogP contribution in [0.1, 0.15) is 32.1 Å². The summed E-state index contributed by atoms with van der Waals surface area (Å²) in [6, 6.07) is 0.353. The molecule has 0 saturated carbocycles. The lowest BCUT2D eigenvalue weighted by molar-refractivity contribution is -0.149. The quantitative estimate of drug-likeness (QED) is 0.839. The van der Waals surface area contributed by atoms with Crippen molar-refractivity contribution in [1.82, 2.24) is 0 Å². The van der Waals surface area contributed by atoms with Crippen molar-refractivity contribution < 1.29 is 9.47 Å². The first-order valence-corrected chi connectivity index (χ1v) is 8.11. The largest absolute Gasteiger partial charge is 0.381 e. The SMILES string of the molecule is CSCCC(N)C1CCOC2(CCOCC2)C1. The normalized spacial score (nSPS) is 30.4. The molecule has 0 bridgehead atoms. The molecule has 2 unspecified atom stereocenters. The molecule has 2 heterocycles. The summed E-state index contributed by atoms with van der Waals surface area (Å²) in [5, 5.41) is 0. The van der Waals surface area contributed by atoms with Crippen LogP contribution < -0.4 is 5.73 Å². The lowest BCUT2D eigenvalue weighted by Gasteiger charge is -2.44. The number of hydrogen-bond donors (Lipinski definition) is 1. The predicted molar refractivity (Wildman–Crippen MR) is 72.4 cm³/mol. The molecule has 0 aromatic rings. The van der Waals surface area contributed by atoms with Gasteiger partial charge in [0, 0.05) is 25.9 Å². The minimum absolute atomic E-state index is 0.0954. The van der Waals surface area contributed by atoms with Gasteiger partial charge in [0.25, 0.3) is 0 Å². The van der Waals surface area contributed by atoms with Gasteiger partial charge in [0.2, 0.25) is 0 Å². The maximum Gasteiger partial charge on any atom is 0.0729 e. The fourth-order valence-corrected chi connectivity index (χ4v) is 3.52. The molecular formula is C13H25NO2S. The van der Waals surface area contributed by atoms with Crippen molar-refractivity contribution in [3.05, 3.63) is 0 Å². The van der Waals surface area contributed by atoms with Gasteiger partial charge in [0.05, 0.1) is 5.60 Å². The van der Waals surface area contributed by atoms with Gasteiger partial charge in [-0.1, -0.05) is 0 Å². The summed E-state index contributed by atoms with van der Waals surface area (Å²) in [5.41, 5.74) is 6.42. The Bertz CT molecular complexity index is 226. The monoisotopic (exact) mass is 259 g/mol. The van der Waals surface area contributed by atoms with Crippen molar-refractivity contribution in [1.29, 1.82) is 0 Å². The third-order valence-corrected chi connectivity index (χ3v) is 4.84. The topological polar surface area (TPSA) is 44.5 Å². The summed E-state index contributed by atoms with van der Waals surface area (Å²) in [6.45, 7) is 2.59. The Labute approximate surface area is 109 Å². The molecule has 2 rings (SSSR count). The third kappa shape index (κ3) is 3.60. The average molecular weight is 259 g/mol. The van der Waals surface area contributed by atoms with Crippen LogP contribution >= 0.6 is 11.8 Å². The smallest absolute Gasteiger partial charge is 0.0729 e. The van der Waals surface area contributed by atoms with E-state index in [1.165, 1.54) is 5.75 Å². The highest BCUT2D eigenvalue weighted by Gasteiger charge is 2.40. The van der Waals surface area contributed by atoms with Crippen LogP contribution in [0.15, 0.2) is 0 Å². The van der Waals surface area contributed by atoms with Gasteiger partial charge < -0.3 is 15.2 Å². The molecule has 2 fully saturated rings. The second-order valence-electron chi connectivity index (χ2n) is 5.34. The van der Waals surface area contributed by atoms with E-state index in [1.807, 2.05) is 11.8 Å². The van der Waals surface area contributed by atoms with Gasteiger partial charge >= 0.3 is 0 Å². The lowest BCUT2D eigenvalue weighted by atomic mass is 9.77. The van der Waals surface area contributed by atoms with E-state index in [1.54, 1.807) is 0 Å². The van der Waals surface area contributed by atoms with E-state index >= 15 is 0 Å². The van der Waals surface area contributed by atoms with Gasteiger partial charge in [-0.25, -0.2) is 0 Å². The highest BCUT2D eigenvalue weighted by molar-refractivity contribution is 7.98. The minimum Gasteiger partial charge on any atom is -0.381 e. The molecule has 0 aromatic carbocycles. The van der Waals surface area contributed by atoms with E-state index < -0.39 is 0 Å². The van der Waals surface area contributed by atoms with Crippen molar-refractivity contribution in [3.8, 4) is 0 Å². The van der Waals surface area contributed by atoms with Gasteiger partial charge in [0.1, 0.15) is 0 Å². The fraction of sp³-hybridized carbons (Fsp3) is 1.00. The Morgan fingerprint density at radius 1 is 1.35 bits per heavy atom. The zero-order valence-electron chi connectivity index (χ0n) is 10.8. The molecule has 100 valence electrons. The maximum atomic E-state index is 6.32. The molecular weight excluding hydrogens is 234 g/mol. The number of rotatable bonds is 4. The molecule has 2 saturated heterocycles. The highest BCUT2D eigenvalue weighted by Crippen LogP contribution is 2.38. The average Bonchev–Trinajstić information content (AvgIpc) is 2.37. The lowest BCUT2D eigenvalue weighted by Crippen LogP contribution is -2.48. The Kier molecular flexibility index (Phi) is 5.15. The molecule has 0 aromatic heterocycles. The van der Waals surface area contributed by atoms with Crippen LogP contribution in [-0.4, -0.2) is 43.5 Å². The number of hydrogen-bond acceptors (Lipinski definition) is 4. The first-order valence-electron chi connectivity index (χ1n) is 6.72. The Morgan fingerprint density at radius 2 is 2.12 bits per heavy atom. The van der Waals surface area contributed by atoms with Crippen LogP contribution in [0.3, 0.4) is 0 Å². The Morgan fingerprint density at radius 3 is 2.82 bits per heavy atom. The fourth-order valence-electron chi connectivity index (χ4n) is 3.01. The van der Waals surface area contributed by atoms with Crippen molar-refractivity contribution in [2.45, 2.75) is 43.7 Å². The highest BCUT2D eigenvalue weighted by atomic mass is 32.2. The van der Waals surface area contributed by atoms with Crippen LogP contribution in [0, 0.1) is 5.92 Å². The summed E-state index contributed by atoms with van der Waals surface area (Å²) < 4.78 is 11.5. The molecule has 4 heteroatoms. The molecule has 0 radical (unpaired) electrons. The molecule has 1 spiro atoms. The van der Waals surface area contributed by atoms with Gasteiger partial charge in [-0.2, -0.15) is 11.8 Å². The van der Waals surface area contributed by atoms with Crippen molar-refractivity contribution in [2.24, 2.45) is 11.7 Å². The van der Waals surface area contributed by atoms with Crippen molar-refractivity contribution in [2.75, 3.05) is 31.8 Å². The van der Waals surface area contributed by atoms with Crippen LogP contribution in [-0.2, 0) is 9.47 Å². The molecule has 2 aliphatic heterocycles. The summed E-state index contributed by atoms with van der Waals surface area (Å²) in [6.07, 6.45) is 7.68.